The first-order chi connectivity index (χ1) is 7.11. The molecule has 1 saturated heterocycles. The van der Waals surface area contributed by atoms with E-state index in [1.807, 2.05) is 34.6 Å². The first-order valence-electron chi connectivity index (χ1n) is 5.30. The van der Waals surface area contributed by atoms with Gasteiger partial charge in [0.25, 0.3) is 0 Å². The summed E-state index contributed by atoms with van der Waals surface area (Å²) >= 11 is 4.18. The van der Waals surface area contributed by atoms with Gasteiger partial charge in [0.1, 0.15) is 0 Å². The first kappa shape index (κ1) is 13.9. The Labute approximate surface area is 106 Å². The quantitative estimate of drug-likeness (QED) is 0.471. The van der Waals surface area contributed by atoms with Gasteiger partial charge in [0.15, 0.2) is 0 Å². The molecule has 0 aromatic rings. The van der Waals surface area contributed by atoms with Crippen molar-refractivity contribution in [1.82, 2.24) is 4.90 Å². The van der Waals surface area contributed by atoms with Crippen molar-refractivity contribution >= 4 is 34.3 Å². The zero-order valence-corrected chi connectivity index (χ0v) is 12.1. The molecule has 0 radical (unpaired) electrons. The smallest absolute Gasteiger partial charge is 0.234 e. The molecular weight excluding hydrogens is 242 g/mol. The first-order valence-corrected chi connectivity index (χ1v) is 7.17. The van der Waals surface area contributed by atoms with Crippen molar-refractivity contribution in [1.29, 1.82) is 0 Å². The van der Waals surface area contributed by atoms with Crippen LogP contribution in [0.5, 0.6) is 0 Å². The Morgan fingerprint density at radius 2 is 1.75 bits per heavy atom. The highest BCUT2D eigenvalue weighted by molar-refractivity contribution is 8.69. The van der Waals surface area contributed by atoms with Crippen LogP contribution >= 0.6 is 22.5 Å². The van der Waals surface area contributed by atoms with Gasteiger partial charge in [-0.25, -0.2) is 0 Å². The zero-order valence-electron chi connectivity index (χ0n) is 10.4. The Morgan fingerprint density at radius 3 is 2.06 bits per heavy atom. The molecule has 1 aliphatic rings. The van der Waals surface area contributed by atoms with Crippen molar-refractivity contribution in [3.8, 4) is 0 Å². The van der Waals surface area contributed by atoms with Crippen molar-refractivity contribution in [3.05, 3.63) is 0 Å². The maximum absolute atomic E-state index is 12.2. The van der Waals surface area contributed by atoms with Gasteiger partial charge in [0.2, 0.25) is 11.8 Å². The highest BCUT2D eigenvalue weighted by Crippen LogP contribution is 2.42. The van der Waals surface area contributed by atoms with Gasteiger partial charge in [-0.1, -0.05) is 10.8 Å². The molecule has 92 valence electrons. The van der Waals surface area contributed by atoms with Crippen molar-refractivity contribution < 1.29 is 9.59 Å². The van der Waals surface area contributed by atoms with Crippen LogP contribution in [-0.2, 0) is 9.59 Å². The van der Waals surface area contributed by atoms with E-state index in [0.717, 1.165) is 0 Å². The minimum atomic E-state index is -0.430. The summed E-state index contributed by atoms with van der Waals surface area (Å²) in [5, 5.41) is 0. The third kappa shape index (κ3) is 2.40. The third-order valence-corrected chi connectivity index (χ3v) is 5.06. The fourth-order valence-electron chi connectivity index (χ4n) is 1.94. The van der Waals surface area contributed by atoms with Crippen LogP contribution in [0.15, 0.2) is 0 Å². The number of hydrogen-bond acceptors (Lipinski definition) is 4. The fraction of sp³-hybridized carbons (Fsp3) is 0.818. The number of likely N-dealkylation sites (tertiary alicyclic amines) is 1. The van der Waals surface area contributed by atoms with E-state index in [9.17, 15) is 9.59 Å². The molecule has 0 aromatic heterocycles. The second-order valence-corrected chi connectivity index (χ2v) is 7.47. The Morgan fingerprint density at radius 1 is 1.25 bits per heavy atom. The Hall–Kier alpha value is -0.160. The van der Waals surface area contributed by atoms with Crippen LogP contribution in [0.3, 0.4) is 0 Å². The number of thiol groups is 1. The molecule has 1 heterocycles. The van der Waals surface area contributed by atoms with Crippen LogP contribution in [0.2, 0.25) is 0 Å². The van der Waals surface area contributed by atoms with Gasteiger partial charge in [-0.15, -0.1) is 11.7 Å². The van der Waals surface area contributed by atoms with Gasteiger partial charge in [0.05, 0.1) is 5.92 Å². The number of hydrogen-bond donors (Lipinski definition) is 1. The molecule has 5 heteroatoms. The highest BCUT2D eigenvalue weighted by atomic mass is 33.1. The largest absolute Gasteiger partial charge is 0.277 e. The molecule has 1 unspecified atom stereocenters. The van der Waals surface area contributed by atoms with Gasteiger partial charge in [-0.05, 0) is 34.6 Å². The molecular formula is C11H19NO2S2. The summed E-state index contributed by atoms with van der Waals surface area (Å²) in [5.41, 5.74) is -0.430. The highest BCUT2D eigenvalue weighted by Gasteiger charge is 2.49. The molecule has 0 bridgehead atoms. The maximum Gasteiger partial charge on any atom is 0.234 e. The number of amides is 2. The summed E-state index contributed by atoms with van der Waals surface area (Å²) in [6.07, 6.45) is 0.302. The molecule has 16 heavy (non-hydrogen) atoms. The van der Waals surface area contributed by atoms with Crippen LogP contribution in [0.1, 0.15) is 41.0 Å². The average molecular weight is 261 g/mol. The topological polar surface area (TPSA) is 37.4 Å². The Kier molecular flexibility index (Phi) is 3.70. The molecule has 2 amide bonds. The van der Waals surface area contributed by atoms with E-state index in [1.54, 1.807) is 0 Å². The predicted octanol–water partition coefficient (Wildman–Crippen LogP) is 2.52. The standard InChI is InChI=1S/C11H19NO2S2/c1-10(2,3)12-8(13)6-7(9(12)14)11(4,5)16-15/h7,15H,6H2,1-5H3. The third-order valence-electron chi connectivity index (χ3n) is 2.89. The van der Waals surface area contributed by atoms with Crippen molar-refractivity contribution in [2.45, 2.75) is 51.3 Å². The van der Waals surface area contributed by atoms with Crippen LogP contribution in [-0.4, -0.2) is 27.0 Å². The summed E-state index contributed by atoms with van der Waals surface area (Å²) in [6, 6.07) is 0. The van der Waals surface area contributed by atoms with E-state index < -0.39 is 5.54 Å². The molecule has 0 spiro atoms. The molecule has 3 nitrogen and oxygen atoms in total. The number of nitrogens with zero attached hydrogens (tertiary/aromatic N) is 1. The lowest BCUT2D eigenvalue weighted by Crippen LogP contribution is -2.47. The normalized spacial score (nSPS) is 23.1. The van der Waals surface area contributed by atoms with Crippen molar-refractivity contribution in [3.63, 3.8) is 0 Å². The molecule has 1 aliphatic heterocycles. The molecule has 0 aromatic carbocycles. The lowest BCUT2D eigenvalue weighted by atomic mass is 9.93. The minimum Gasteiger partial charge on any atom is -0.277 e. The monoisotopic (exact) mass is 261 g/mol. The lowest BCUT2D eigenvalue weighted by molar-refractivity contribution is -0.144. The van der Waals surface area contributed by atoms with Gasteiger partial charge in [-0.3, -0.25) is 14.5 Å². The van der Waals surface area contributed by atoms with Gasteiger partial charge in [0, 0.05) is 16.7 Å². The second-order valence-electron chi connectivity index (χ2n) is 5.69. The molecule has 1 fully saturated rings. The maximum atomic E-state index is 12.2. The summed E-state index contributed by atoms with van der Waals surface area (Å²) in [4.78, 5) is 25.5. The van der Waals surface area contributed by atoms with Crippen LogP contribution in [0.25, 0.3) is 0 Å². The zero-order chi connectivity index (χ0) is 12.7. The second kappa shape index (κ2) is 4.26. The average Bonchev–Trinajstić information content (AvgIpc) is 2.41. The van der Waals surface area contributed by atoms with Crippen LogP contribution in [0, 0.1) is 5.92 Å². The van der Waals surface area contributed by atoms with Gasteiger partial charge in [-0.2, -0.15) is 0 Å². The Balaban J connectivity index is 3.00. The minimum absolute atomic E-state index is 0.0657. The molecule has 1 atom stereocenters. The molecule has 0 aliphatic carbocycles. The summed E-state index contributed by atoms with van der Waals surface area (Å²) < 4.78 is -0.310. The van der Waals surface area contributed by atoms with Crippen LogP contribution in [0.4, 0.5) is 0 Å². The molecule has 1 rings (SSSR count). The van der Waals surface area contributed by atoms with E-state index in [0.29, 0.717) is 6.42 Å². The van der Waals surface area contributed by atoms with E-state index in [4.69, 9.17) is 0 Å². The van der Waals surface area contributed by atoms with E-state index in [2.05, 4.69) is 11.7 Å². The van der Waals surface area contributed by atoms with Crippen molar-refractivity contribution in [2.24, 2.45) is 5.92 Å². The SMILES string of the molecule is CC(C)(SS)C1CC(=O)N(C(C)(C)C)C1=O. The van der Waals surface area contributed by atoms with Crippen LogP contribution < -0.4 is 0 Å². The molecule has 0 saturated carbocycles. The van der Waals surface area contributed by atoms with Gasteiger partial charge < -0.3 is 0 Å². The lowest BCUT2D eigenvalue weighted by Gasteiger charge is -2.32. The fourth-order valence-corrected chi connectivity index (χ4v) is 2.64. The summed E-state index contributed by atoms with van der Waals surface area (Å²) in [7, 11) is 1.34. The number of carbonyl (C=O) groups excluding carboxylic acids is 2. The van der Waals surface area contributed by atoms with E-state index in [-0.39, 0.29) is 22.5 Å². The number of carbonyl (C=O) groups is 2. The van der Waals surface area contributed by atoms with Gasteiger partial charge >= 0.3 is 0 Å². The summed E-state index contributed by atoms with van der Waals surface area (Å²) in [5.74, 6) is -0.399. The van der Waals surface area contributed by atoms with E-state index >= 15 is 0 Å². The predicted molar refractivity (Wildman–Crippen MR) is 70.4 cm³/mol. The number of rotatable bonds is 2. The van der Waals surface area contributed by atoms with Crippen molar-refractivity contribution in [2.75, 3.05) is 0 Å². The van der Waals surface area contributed by atoms with E-state index in [1.165, 1.54) is 15.7 Å². The Bertz CT molecular complexity index is 320. The molecule has 0 N–H and O–H groups in total. The summed E-state index contributed by atoms with van der Waals surface area (Å²) in [6.45, 7) is 9.55. The number of imide groups is 1.